The van der Waals surface area contributed by atoms with Crippen LogP contribution in [0.2, 0.25) is 12.6 Å². The van der Waals surface area contributed by atoms with Crippen LogP contribution in [-0.2, 0) is 4.65 Å². The summed E-state index contributed by atoms with van der Waals surface area (Å²) >= 11 is 0. The molecule has 0 aromatic carbocycles. The van der Waals surface area contributed by atoms with E-state index in [0.29, 0.717) is 6.92 Å². The molecule has 0 radical (unpaired) electrons. The second-order valence-corrected chi connectivity index (χ2v) is 5.20. The summed E-state index contributed by atoms with van der Waals surface area (Å²) in [5.41, 5.74) is 0.0455. The molecule has 76 valence electrons. The predicted octanol–water partition coefficient (Wildman–Crippen LogP) is 3.76. The van der Waals surface area contributed by atoms with Gasteiger partial charge >= 0.3 is 0 Å². The molecule has 0 aromatic rings. The fourth-order valence-electron chi connectivity index (χ4n) is 2.04. The van der Waals surface area contributed by atoms with Crippen LogP contribution in [0.25, 0.3) is 0 Å². The van der Waals surface area contributed by atoms with E-state index in [2.05, 4.69) is 20.8 Å². The lowest BCUT2D eigenvalue weighted by atomic mass is 9.57. The molecule has 1 saturated heterocycles. The van der Waals surface area contributed by atoms with E-state index in [0.717, 1.165) is 0 Å². The number of hydrogen-bond acceptors (Lipinski definition) is 1. The Labute approximate surface area is 83.4 Å². The molecule has 0 atom stereocenters. The summed E-state index contributed by atoms with van der Waals surface area (Å²) in [5, 5.41) is 0. The van der Waals surface area contributed by atoms with Gasteiger partial charge in [0, 0.05) is 5.60 Å². The molecule has 0 saturated carbocycles. The highest BCUT2D eigenvalue weighted by Crippen LogP contribution is 2.22. The van der Waals surface area contributed by atoms with Crippen LogP contribution in [-0.4, -0.2) is 12.5 Å². The third-order valence-corrected chi connectivity index (χ3v) is 2.57. The molecule has 2 heteroatoms. The largest absolute Gasteiger partial charge is 0.432 e. The third kappa shape index (κ3) is 5.35. The van der Waals surface area contributed by atoms with Crippen molar-refractivity contribution >= 4 is 6.92 Å². The molecule has 13 heavy (non-hydrogen) atoms. The highest BCUT2D eigenvalue weighted by atomic mass is 16.5. The molecule has 1 nitrogen and oxygen atoms in total. The molecule has 0 aliphatic carbocycles. The molecule has 0 spiro atoms. The summed E-state index contributed by atoms with van der Waals surface area (Å²) in [4.78, 5) is 0. The van der Waals surface area contributed by atoms with Gasteiger partial charge in [0.2, 0.25) is 0 Å². The fourth-order valence-corrected chi connectivity index (χ4v) is 2.04. The minimum Gasteiger partial charge on any atom is -0.432 e. The van der Waals surface area contributed by atoms with E-state index in [9.17, 15) is 0 Å². The lowest BCUT2D eigenvalue weighted by Crippen LogP contribution is -2.30. The molecule has 0 N–H and O–H groups in total. The van der Waals surface area contributed by atoms with E-state index < -0.39 is 0 Å². The Morgan fingerprint density at radius 3 is 1.77 bits per heavy atom. The molecule has 1 rings (SSSR count). The van der Waals surface area contributed by atoms with Gasteiger partial charge in [0.15, 0.2) is 0 Å². The lowest BCUT2D eigenvalue weighted by Gasteiger charge is -2.27. The summed E-state index contributed by atoms with van der Waals surface area (Å²) in [6.07, 6.45) is 9.52. The maximum Gasteiger partial charge on any atom is 0.293 e. The zero-order valence-electron chi connectivity index (χ0n) is 9.44. The van der Waals surface area contributed by atoms with Crippen LogP contribution in [0.1, 0.15) is 52.9 Å². The Hall–Kier alpha value is 0.0249. The van der Waals surface area contributed by atoms with Gasteiger partial charge in [-0.15, -0.1) is 0 Å². The van der Waals surface area contributed by atoms with Crippen LogP contribution in [0.3, 0.4) is 0 Å². The summed E-state index contributed by atoms with van der Waals surface area (Å²) in [5.74, 6) is 0. The van der Waals surface area contributed by atoms with Crippen LogP contribution in [0.4, 0.5) is 0 Å². The zero-order chi connectivity index (χ0) is 9.73. The van der Waals surface area contributed by atoms with Gasteiger partial charge in [0.1, 0.15) is 0 Å². The first-order valence-electron chi connectivity index (χ1n) is 5.76. The van der Waals surface area contributed by atoms with E-state index in [1.54, 1.807) is 0 Å². The molecular formula is C11H23BO. The van der Waals surface area contributed by atoms with Gasteiger partial charge in [-0.2, -0.15) is 0 Å². The highest BCUT2D eigenvalue weighted by Gasteiger charge is 2.22. The van der Waals surface area contributed by atoms with Crippen LogP contribution < -0.4 is 0 Å². The van der Waals surface area contributed by atoms with Gasteiger partial charge in [-0.1, -0.05) is 32.1 Å². The second kappa shape index (κ2) is 5.04. The number of rotatable bonds is 1. The van der Waals surface area contributed by atoms with Crippen LogP contribution in [0.15, 0.2) is 0 Å². The van der Waals surface area contributed by atoms with Crippen molar-refractivity contribution in [1.29, 1.82) is 0 Å². The maximum absolute atomic E-state index is 6.01. The van der Waals surface area contributed by atoms with E-state index in [-0.39, 0.29) is 5.60 Å². The first-order chi connectivity index (χ1) is 6.08. The lowest BCUT2D eigenvalue weighted by molar-refractivity contribution is 0.126. The normalized spacial score (nSPS) is 21.0. The average molecular weight is 182 g/mol. The summed E-state index contributed by atoms with van der Waals surface area (Å²) in [6, 6.07) is 0. The zero-order valence-corrected chi connectivity index (χ0v) is 9.44. The van der Waals surface area contributed by atoms with E-state index in [1.807, 2.05) is 0 Å². The molecule has 1 fully saturated rings. The highest BCUT2D eigenvalue weighted by molar-refractivity contribution is 6.51. The van der Waals surface area contributed by atoms with Gasteiger partial charge in [-0.3, -0.25) is 0 Å². The summed E-state index contributed by atoms with van der Waals surface area (Å²) in [6.45, 7) is 7.00. The summed E-state index contributed by atoms with van der Waals surface area (Å²) in [7, 11) is 0. The van der Waals surface area contributed by atoms with Crippen molar-refractivity contribution in [2.24, 2.45) is 0 Å². The van der Waals surface area contributed by atoms with Gasteiger partial charge in [-0.25, -0.2) is 0 Å². The first kappa shape index (κ1) is 11.1. The third-order valence-electron chi connectivity index (χ3n) is 2.57. The van der Waals surface area contributed by atoms with Crippen molar-refractivity contribution in [2.45, 2.75) is 71.1 Å². The second-order valence-electron chi connectivity index (χ2n) is 5.20. The Morgan fingerprint density at radius 2 is 1.31 bits per heavy atom. The minimum atomic E-state index is 0.0455. The Balaban J connectivity index is 2.29. The summed E-state index contributed by atoms with van der Waals surface area (Å²) < 4.78 is 6.01. The smallest absolute Gasteiger partial charge is 0.293 e. The van der Waals surface area contributed by atoms with Crippen LogP contribution in [0.5, 0.6) is 0 Å². The van der Waals surface area contributed by atoms with Crippen molar-refractivity contribution in [3.8, 4) is 0 Å². The van der Waals surface area contributed by atoms with E-state index in [4.69, 9.17) is 4.65 Å². The van der Waals surface area contributed by atoms with Crippen molar-refractivity contribution in [3.63, 3.8) is 0 Å². The maximum atomic E-state index is 6.01. The SMILES string of the molecule is CC(C)(C)OB1CCCCCCC1. The first-order valence-corrected chi connectivity index (χ1v) is 5.76. The predicted molar refractivity (Wildman–Crippen MR) is 59.3 cm³/mol. The van der Waals surface area contributed by atoms with E-state index >= 15 is 0 Å². The van der Waals surface area contributed by atoms with Gasteiger partial charge in [0.05, 0.1) is 0 Å². The number of hydrogen-bond donors (Lipinski definition) is 0. The van der Waals surface area contributed by atoms with Crippen molar-refractivity contribution in [3.05, 3.63) is 0 Å². The molecule has 1 aliphatic heterocycles. The van der Waals surface area contributed by atoms with Crippen LogP contribution >= 0.6 is 0 Å². The van der Waals surface area contributed by atoms with Gasteiger partial charge < -0.3 is 4.65 Å². The van der Waals surface area contributed by atoms with E-state index in [1.165, 1.54) is 44.7 Å². The Kier molecular flexibility index (Phi) is 4.31. The topological polar surface area (TPSA) is 9.23 Å². The Morgan fingerprint density at radius 1 is 0.846 bits per heavy atom. The fraction of sp³-hybridized carbons (Fsp3) is 1.00. The molecule has 0 unspecified atom stereocenters. The van der Waals surface area contributed by atoms with Crippen molar-refractivity contribution < 1.29 is 4.65 Å². The van der Waals surface area contributed by atoms with Crippen LogP contribution in [0, 0.1) is 0 Å². The quantitative estimate of drug-likeness (QED) is 0.561. The Bertz CT molecular complexity index is 132. The molecule has 0 amide bonds. The molecule has 1 heterocycles. The monoisotopic (exact) mass is 182 g/mol. The van der Waals surface area contributed by atoms with Crippen molar-refractivity contribution in [2.75, 3.05) is 0 Å². The molecule has 0 aromatic heterocycles. The average Bonchev–Trinajstić information content (AvgIpc) is 1.92. The molecule has 0 bridgehead atoms. The van der Waals surface area contributed by atoms with Gasteiger partial charge in [-0.05, 0) is 33.4 Å². The minimum absolute atomic E-state index is 0.0455. The van der Waals surface area contributed by atoms with Gasteiger partial charge in [0.25, 0.3) is 6.92 Å². The molecule has 1 aliphatic rings. The van der Waals surface area contributed by atoms with Crippen molar-refractivity contribution in [1.82, 2.24) is 0 Å². The standard InChI is InChI=1S/C11H23BO/c1-11(2,3)13-12-9-7-5-4-6-8-10-12/h4-10H2,1-3H3. The molecular weight excluding hydrogens is 159 g/mol.